The molecule has 0 saturated heterocycles. The molecule has 2 aromatic rings. The normalized spacial score (nSPS) is 11.8. The zero-order valence-electron chi connectivity index (χ0n) is 13.6. The van der Waals surface area contributed by atoms with Crippen molar-refractivity contribution in [3.8, 4) is 0 Å². The number of hydrogen-bond acceptors (Lipinski definition) is 4. The molecule has 122 valence electrons. The number of nitrogens with zero attached hydrogens (tertiary/aromatic N) is 2. The lowest BCUT2D eigenvalue weighted by atomic mass is 10.1. The van der Waals surface area contributed by atoms with E-state index in [1.807, 2.05) is 39.0 Å². The van der Waals surface area contributed by atoms with E-state index in [0.29, 0.717) is 11.4 Å². The molecule has 1 heterocycles. The third-order valence-electron chi connectivity index (χ3n) is 3.78. The number of aromatic nitrogens is 1. The largest absolute Gasteiger partial charge is 0.363 e. The summed E-state index contributed by atoms with van der Waals surface area (Å²) in [5.41, 5.74) is 1.50. The summed E-state index contributed by atoms with van der Waals surface area (Å²) < 4.78 is 4.68. The number of anilines is 1. The quantitative estimate of drug-likeness (QED) is 0.889. The summed E-state index contributed by atoms with van der Waals surface area (Å²) in [4.78, 5) is 26.6. The first-order chi connectivity index (χ1) is 11.0. The van der Waals surface area contributed by atoms with Gasteiger partial charge in [0.15, 0.2) is 5.82 Å². The van der Waals surface area contributed by atoms with E-state index in [9.17, 15) is 9.59 Å². The molecule has 2 amide bonds. The average molecular weight is 315 g/mol. The first kappa shape index (κ1) is 16.7. The van der Waals surface area contributed by atoms with Gasteiger partial charge in [0, 0.05) is 17.7 Å². The second-order valence-corrected chi connectivity index (χ2v) is 5.44. The highest BCUT2D eigenvalue weighted by Crippen LogP contribution is 2.14. The van der Waals surface area contributed by atoms with E-state index < -0.39 is 0 Å². The predicted molar refractivity (Wildman–Crippen MR) is 87.1 cm³/mol. The van der Waals surface area contributed by atoms with Gasteiger partial charge in [-0.15, -0.1) is 0 Å². The van der Waals surface area contributed by atoms with Crippen LogP contribution in [0.25, 0.3) is 0 Å². The van der Waals surface area contributed by atoms with Crippen molar-refractivity contribution in [1.29, 1.82) is 0 Å². The molecule has 0 spiro atoms. The fourth-order valence-electron chi connectivity index (χ4n) is 2.23. The summed E-state index contributed by atoms with van der Waals surface area (Å²) in [5, 5.41) is 6.25. The maximum Gasteiger partial charge on any atom is 0.254 e. The Kier molecular flexibility index (Phi) is 5.51. The molecule has 0 fully saturated rings. The molecule has 1 N–H and O–H groups in total. The number of benzene rings is 1. The lowest BCUT2D eigenvalue weighted by molar-refractivity contribution is -0.117. The Morgan fingerprint density at radius 2 is 2.04 bits per heavy atom. The van der Waals surface area contributed by atoms with Gasteiger partial charge in [-0.2, -0.15) is 0 Å². The van der Waals surface area contributed by atoms with Crippen LogP contribution < -0.4 is 5.32 Å². The summed E-state index contributed by atoms with van der Waals surface area (Å²) in [6.07, 6.45) is 2.13. The number of rotatable bonds is 6. The number of amides is 2. The number of carbonyl (C=O) groups is 2. The second-order valence-electron chi connectivity index (χ2n) is 5.44. The highest BCUT2D eigenvalue weighted by atomic mass is 16.5. The second kappa shape index (κ2) is 7.58. The van der Waals surface area contributed by atoms with Gasteiger partial charge < -0.3 is 14.7 Å². The van der Waals surface area contributed by atoms with Gasteiger partial charge in [0.2, 0.25) is 5.91 Å². The molecule has 0 aliphatic heterocycles. The molecule has 23 heavy (non-hydrogen) atoms. The van der Waals surface area contributed by atoms with Crippen LogP contribution in [0.3, 0.4) is 0 Å². The Morgan fingerprint density at radius 3 is 2.65 bits per heavy atom. The van der Waals surface area contributed by atoms with Crippen molar-refractivity contribution >= 4 is 17.6 Å². The summed E-state index contributed by atoms with van der Waals surface area (Å²) in [7, 11) is 0. The third-order valence-corrected chi connectivity index (χ3v) is 3.78. The Balaban J connectivity index is 2.15. The lowest BCUT2D eigenvalue weighted by Gasteiger charge is -2.28. The molecule has 2 rings (SSSR count). The zero-order valence-corrected chi connectivity index (χ0v) is 13.6. The van der Waals surface area contributed by atoms with Crippen molar-refractivity contribution in [2.75, 3.05) is 11.9 Å². The summed E-state index contributed by atoms with van der Waals surface area (Å²) >= 11 is 0. The molecule has 0 saturated carbocycles. The van der Waals surface area contributed by atoms with Crippen molar-refractivity contribution in [3.63, 3.8) is 0 Å². The maximum atomic E-state index is 12.8. The third kappa shape index (κ3) is 4.18. The number of hydrogen-bond donors (Lipinski definition) is 1. The van der Waals surface area contributed by atoms with Crippen molar-refractivity contribution in [3.05, 3.63) is 47.7 Å². The van der Waals surface area contributed by atoms with Crippen LogP contribution in [-0.4, -0.2) is 34.5 Å². The van der Waals surface area contributed by atoms with Gasteiger partial charge in [-0.1, -0.05) is 30.3 Å². The average Bonchev–Trinajstić information content (AvgIpc) is 3.04. The van der Waals surface area contributed by atoms with Crippen LogP contribution in [0, 0.1) is 6.92 Å². The van der Waals surface area contributed by atoms with Gasteiger partial charge >= 0.3 is 0 Å². The van der Waals surface area contributed by atoms with Crippen LogP contribution in [-0.2, 0) is 4.79 Å². The number of aryl methyl sites for hydroxylation is 1. The van der Waals surface area contributed by atoms with Crippen LogP contribution in [0.2, 0.25) is 0 Å². The molecule has 0 radical (unpaired) electrons. The highest BCUT2D eigenvalue weighted by Gasteiger charge is 2.24. The molecule has 0 aliphatic carbocycles. The highest BCUT2D eigenvalue weighted by molar-refractivity contribution is 6.00. The van der Waals surface area contributed by atoms with Crippen molar-refractivity contribution in [1.82, 2.24) is 10.1 Å². The van der Waals surface area contributed by atoms with E-state index in [4.69, 9.17) is 0 Å². The molecule has 0 aliphatic rings. The fourth-order valence-corrected chi connectivity index (χ4v) is 2.23. The molecule has 1 aromatic heterocycles. The van der Waals surface area contributed by atoms with Gasteiger partial charge in [0.05, 0.1) is 0 Å². The first-order valence-electron chi connectivity index (χ1n) is 7.59. The van der Waals surface area contributed by atoms with Gasteiger partial charge in [-0.3, -0.25) is 9.59 Å². The minimum Gasteiger partial charge on any atom is -0.363 e. The van der Waals surface area contributed by atoms with Crippen LogP contribution in [0.4, 0.5) is 5.82 Å². The minimum atomic E-state index is -0.305. The SMILES string of the molecule is CCC(C)N(CC(=O)Nc1ccon1)C(=O)c1ccccc1C. The van der Waals surface area contributed by atoms with Crippen molar-refractivity contribution in [2.45, 2.75) is 33.2 Å². The summed E-state index contributed by atoms with van der Waals surface area (Å²) in [6.45, 7) is 5.77. The summed E-state index contributed by atoms with van der Waals surface area (Å²) in [5.74, 6) is -0.115. The Morgan fingerprint density at radius 1 is 1.30 bits per heavy atom. The molecule has 1 aromatic carbocycles. The Hall–Kier alpha value is -2.63. The van der Waals surface area contributed by atoms with Gasteiger partial charge in [0.1, 0.15) is 12.8 Å². The van der Waals surface area contributed by atoms with E-state index in [0.717, 1.165) is 12.0 Å². The molecule has 6 nitrogen and oxygen atoms in total. The number of carbonyl (C=O) groups excluding carboxylic acids is 2. The van der Waals surface area contributed by atoms with Crippen LogP contribution in [0.5, 0.6) is 0 Å². The Bertz CT molecular complexity index is 667. The molecule has 0 bridgehead atoms. The van der Waals surface area contributed by atoms with Gasteiger partial charge in [0.25, 0.3) is 5.91 Å². The number of nitrogens with one attached hydrogen (secondary N) is 1. The van der Waals surface area contributed by atoms with E-state index in [-0.39, 0.29) is 24.4 Å². The van der Waals surface area contributed by atoms with Gasteiger partial charge in [-0.05, 0) is 31.9 Å². The predicted octanol–water partition coefficient (Wildman–Crippen LogP) is 2.86. The zero-order chi connectivity index (χ0) is 16.8. The van der Waals surface area contributed by atoms with E-state index in [1.165, 1.54) is 6.26 Å². The standard InChI is InChI=1S/C17H21N3O3/c1-4-13(3)20(11-16(21)18-15-9-10-23-19-15)17(22)14-8-6-5-7-12(14)2/h5-10,13H,4,11H2,1-3H3,(H,18,19,21). The molecular weight excluding hydrogens is 294 g/mol. The van der Waals surface area contributed by atoms with Crippen LogP contribution in [0.15, 0.2) is 41.1 Å². The topological polar surface area (TPSA) is 75.4 Å². The van der Waals surface area contributed by atoms with Crippen LogP contribution >= 0.6 is 0 Å². The molecule has 6 heteroatoms. The fraction of sp³-hybridized carbons (Fsp3) is 0.353. The lowest BCUT2D eigenvalue weighted by Crippen LogP contribution is -2.43. The molecule has 1 unspecified atom stereocenters. The maximum absolute atomic E-state index is 12.8. The van der Waals surface area contributed by atoms with E-state index in [2.05, 4.69) is 15.0 Å². The molecular formula is C17H21N3O3. The first-order valence-corrected chi connectivity index (χ1v) is 7.59. The summed E-state index contributed by atoms with van der Waals surface area (Å²) in [6, 6.07) is 8.88. The van der Waals surface area contributed by atoms with Gasteiger partial charge in [-0.25, -0.2) is 0 Å². The van der Waals surface area contributed by atoms with Crippen molar-refractivity contribution in [2.24, 2.45) is 0 Å². The Labute approximate surface area is 135 Å². The molecule has 1 atom stereocenters. The minimum absolute atomic E-state index is 0.0327. The van der Waals surface area contributed by atoms with E-state index >= 15 is 0 Å². The van der Waals surface area contributed by atoms with E-state index in [1.54, 1.807) is 17.0 Å². The van der Waals surface area contributed by atoms with Crippen LogP contribution in [0.1, 0.15) is 36.2 Å². The monoisotopic (exact) mass is 315 g/mol. The smallest absolute Gasteiger partial charge is 0.254 e. The van der Waals surface area contributed by atoms with Crippen molar-refractivity contribution < 1.29 is 14.1 Å².